The second kappa shape index (κ2) is 7.27. The van der Waals surface area contributed by atoms with E-state index in [9.17, 15) is 9.59 Å². The fourth-order valence-corrected chi connectivity index (χ4v) is 4.64. The minimum absolute atomic E-state index is 0.00178. The number of ether oxygens (including phenoxy) is 1. The number of carbonyl (C=O) groups excluding carboxylic acids is 2. The zero-order chi connectivity index (χ0) is 19.8. The van der Waals surface area contributed by atoms with Gasteiger partial charge in [0.1, 0.15) is 10.6 Å². The van der Waals surface area contributed by atoms with Gasteiger partial charge in [0, 0.05) is 36.5 Å². The number of nitrogens with two attached hydrogens (primary N) is 1. The van der Waals surface area contributed by atoms with Crippen LogP contribution in [0.2, 0.25) is 0 Å². The topological polar surface area (TPSA) is 89.9 Å². The molecule has 8 heteroatoms. The van der Waals surface area contributed by atoms with Crippen molar-refractivity contribution in [3.63, 3.8) is 0 Å². The predicted molar refractivity (Wildman–Crippen MR) is 108 cm³/mol. The minimum Gasteiger partial charge on any atom is -0.497 e. The van der Waals surface area contributed by atoms with E-state index >= 15 is 0 Å². The number of methoxy groups -OCH3 is 1. The molecule has 1 aromatic carbocycles. The Morgan fingerprint density at radius 2 is 1.89 bits per heavy atom. The number of primary amides is 1. The molecule has 1 fully saturated rings. The van der Waals surface area contributed by atoms with E-state index < -0.39 is 0 Å². The highest BCUT2D eigenvalue weighted by molar-refractivity contribution is 7.19. The summed E-state index contributed by atoms with van der Waals surface area (Å²) in [7, 11) is 1.64. The Morgan fingerprint density at radius 1 is 1.21 bits per heavy atom. The summed E-state index contributed by atoms with van der Waals surface area (Å²) in [5.41, 5.74) is 8.12. The van der Waals surface area contributed by atoms with Gasteiger partial charge in [-0.05, 0) is 44.0 Å². The van der Waals surface area contributed by atoms with Gasteiger partial charge in [-0.3, -0.25) is 14.0 Å². The SMILES string of the molecule is COc1ccc(-c2cn3c(C)c(C(=O)N4CCC(C(N)=O)CC4)sc3n2)cc1. The Kier molecular flexibility index (Phi) is 4.80. The lowest BCUT2D eigenvalue weighted by Gasteiger charge is -2.30. The van der Waals surface area contributed by atoms with E-state index in [0.717, 1.165) is 27.7 Å². The van der Waals surface area contributed by atoms with Gasteiger partial charge in [0.15, 0.2) is 4.96 Å². The molecule has 1 aliphatic heterocycles. The van der Waals surface area contributed by atoms with Crippen LogP contribution in [0, 0.1) is 12.8 Å². The Balaban J connectivity index is 1.56. The molecule has 0 unspecified atom stereocenters. The highest BCUT2D eigenvalue weighted by Gasteiger charge is 2.29. The van der Waals surface area contributed by atoms with Crippen LogP contribution in [0.5, 0.6) is 5.75 Å². The van der Waals surface area contributed by atoms with Crippen molar-refractivity contribution in [2.24, 2.45) is 11.7 Å². The summed E-state index contributed by atoms with van der Waals surface area (Å²) in [6.45, 7) is 3.05. The van der Waals surface area contributed by atoms with E-state index in [0.29, 0.717) is 30.8 Å². The first-order valence-corrected chi connectivity index (χ1v) is 10.0. The maximum absolute atomic E-state index is 13.0. The van der Waals surface area contributed by atoms with Crippen molar-refractivity contribution in [1.82, 2.24) is 14.3 Å². The molecule has 0 atom stereocenters. The lowest BCUT2D eigenvalue weighted by atomic mass is 9.96. The monoisotopic (exact) mass is 398 g/mol. The number of hydrogen-bond acceptors (Lipinski definition) is 5. The normalized spacial score (nSPS) is 15.1. The fraction of sp³-hybridized carbons (Fsp3) is 0.350. The number of thiazole rings is 1. The third kappa shape index (κ3) is 3.24. The summed E-state index contributed by atoms with van der Waals surface area (Å²) >= 11 is 1.40. The molecule has 2 N–H and O–H groups in total. The number of likely N-dealkylation sites (tertiary alicyclic amines) is 1. The first-order valence-electron chi connectivity index (χ1n) is 9.19. The summed E-state index contributed by atoms with van der Waals surface area (Å²) in [6.07, 6.45) is 3.22. The van der Waals surface area contributed by atoms with Crippen molar-refractivity contribution in [2.75, 3.05) is 20.2 Å². The van der Waals surface area contributed by atoms with Gasteiger partial charge in [-0.25, -0.2) is 4.98 Å². The van der Waals surface area contributed by atoms with Crippen LogP contribution in [0.4, 0.5) is 0 Å². The number of piperidine rings is 1. The van der Waals surface area contributed by atoms with Crippen molar-refractivity contribution >= 4 is 28.1 Å². The van der Waals surface area contributed by atoms with Gasteiger partial charge in [0.25, 0.3) is 5.91 Å². The number of aromatic nitrogens is 2. The van der Waals surface area contributed by atoms with Crippen molar-refractivity contribution in [1.29, 1.82) is 0 Å². The van der Waals surface area contributed by atoms with Crippen molar-refractivity contribution < 1.29 is 14.3 Å². The first-order chi connectivity index (χ1) is 13.5. The maximum atomic E-state index is 13.0. The van der Waals surface area contributed by atoms with Crippen LogP contribution in [-0.4, -0.2) is 46.3 Å². The number of benzene rings is 1. The summed E-state index contributed by atoms with van der Waals surface area (Å²) < 4.78 is 7.16. The summed E-state index contributed by atoms with van der Waals surface area (Å²) in [5, 5.41) is 0. The van der Waals surface area contributed by atoms with Gasteiger partial charge < -0.3 is 15.4 Å². The highest BCUT2D eigenvalue weighted by Crippen LogP contribution is 2.30. The van der Waals surface area contributed by atoms with Gasteiger partial charge >= 0.3 is 0 Å². The van der Waals surface area contributed by atoms with E-state index in [-0.39, 0.29) is 17.7 Å². The van der Waals surface area contributed by atoms with E-state index in [1.165, 1.54) is 11.3 Å². The van der Waals surface area contributed by atoms with Crippen LogP contribution in [-0.2, 0) is 4.79 Å². The van der Waals surface area contributed by atoms with Crippen LogP contribution < -0.4 is 10.5 Å². The highest BCUT2D eigenvalue weighted by atomic mass is 32.1. The van der Waals surface area contributed by atoms with E-state index in [2.05, 4.69) is 0 Å². The van der Waals surface area contributed by atoms with Crippen LogP contribution in [0.1, 0.15) is 28.2 Å². The third-order valence-electron chi connectivity index (χ3n) is 5.32. The smallest absolute Gasteiger partial charge is 0.265 e. The standard InChI is InChI=1S/C20H22N4O3S/c1-12-17(19(26)23-9-7-14(8-10-23)18(21)25)28-20-22-16(11-24(12)20)13-3-5-15(27-2)6-4-13/h3-6,11,14H,7-10H2,1-2H3,(H2,21,25). The molecule has 2 aromatic heterocycles. The predicted octanol–water partition coefficient (Wildman–Crippen LogP) is 2.72. The van der Waals surface area contributed by atoms with Crippen molar-refractivity contribution in [2.45, 2.75) is 19.8 Å². The lowest BCUT2D eigenvalue weighted by Crippen LogP contribution is -2.41. The molecule has 0 radical (unpaired) electrons. The van der Waals surface area contributed by atoms with Gasteiger partial charge in [-0.2, -0.15) is 0 Å². The average molecular weight is 398 g/mol. The number of amides is 2. The zero-order valence-electron chi connectivity index (χ0n) is 15.8. The summed E-state index contributed by atoms with van der Waals surface area (Å²) in [4.78, 5) is 32.3. The minimum atomic E-state index is -0.274. The number of fused-ring (bicyclic) bond motifs is 1. The number of rotatable bonds is 4. The number of carbonyl (C=O) groups is 2. The molecular weight excluding hydrogens is 376 g/mol. The van der Waals surface area contributed by atoms with Gasteiger partial charge in [-0.15, -0.1) is 0 Å². The molecule has 0 bridgehead atoms. The summed E-state index contributed by atoms with van der Waals surface area (Å²) in [6, 6.07) is 7.74. The number of nitrogens with zero attached hydrogens (tertiary/aromatic N) is 3. The van der Waals surface area contributed by atoms with Crippen LogP contribution in [0.15, 0.2) is 30.5 Å². The molecule has 1 saturated heterocycles. The Hall–Kier alpha value is -2.87. The molecule has 3 heterocycles. The summed E-state index contributed by atoms with van der Waals surface area (Å²) in [5.74, 6) is 0.401. The first kappa shape index (κ1) is 18.5. The molecule has 0 saturated carbocycles. The maximum Gasteiger partial charge on any atom is 0.265 e. The fourth-order valence-electron chi connectivity index (χ4n) is 3.56. The third-order valence-corrected chi connectivity index (χ3v) is 6.47. The molecule has 4 rings (SSSR count). The van der Waals surface area contributed by atoms with Crippen molar-refractivity contribution in [3.05, 3.63) is 41.0 Å². The Bertz CT molecular complexity index is 1030. The molecular formula is C20H22N4O3S. The van der Waals surface area contributed by atoms with Gasteiger partial charge in [-0.1, -0.05) is 11.3 Å². The second-order valence-electron chi connectivity index (χ2n) is 6.99. The lowest BCUT2D eigenvalue weighted by molar-refractivity contribution is -0.123. The quantitative estimate of drug-likeness (QED) is 0.732. The largest absolute Gasteiger partial charge is 0.497 e. The Labute approximate surface area is 166 Å². The van der Waals surface area contributed by atoms with Crippen molar-refractivity contribution in [3.8, 4) is 17.0 Å². The number of aryl methyl sites for hydroxylation is 1. The molecule has 2 amide bonds. The average Bonchev–Trinajstić information content (AvgIpc) is 3.27. The van der Waals surface area contributed by atoms with E-state index in [1.54, 1.807) is 7.11 Å². The molecule has 7 nitrogen and oxygen atoms in total. The molecule has 3 aromatic rings. The molecule has 28 heavy (non-hydrogen) atoms. The molecule has 0 spiro atoms. The molecule has 146 valence electrons. The second-order valence-corrected chi connectivity index (χ2v) is 7.97. The van der Waals surface area contributed by atoms with Gasteiger partial charge in [0.05, 0.1) is 12.8 Å². The molecule has 0 aliphatic carbocycles. The van der Waals surface area contributed by atoms with Gasteiger partial charge in [0.2, 0.25) is 5.91 Å². The van der Waals surface area contributed by atoms with Crippen LogP contribution in [0.3, 0.4) is 0 Å². The number of imidazole rings is 1. The zero-order valence-corrected chi connectivity index (χ0v) is 16.7. The van der Waals surface area contributed by atoms with E-state index in [4.69, 9.17) is 15.5 Å². The Morgan fingerprint density at radius 3 is 2.46 bits per heavy atom. The van der Waals surface area contributed by atoms with Crippen LogP contribution in [0.25, 0.3) is 16.2 Å². The number of hydrogen-bond donors (Lipinski definition) is 1. The van der Waals surface area contributed by atoms with Crippen LogP contribution >= 0.6 is 11.3 Å². The molecule has 1 aliphatic rings. The van der Waals surface area contributed by atoms with E-state index in [1.807, 2.05) is 46.7 Å².